The molecule has 0 aliphatic carbocycles. The Morgan fingerprint density at radius 3 is 2.12 bits per heavy atom. The van der Waals surface area contributed by atoms with Crippen LogP contribution in [0, 0.1) is 23.7 Å². The van der Waals surface area contributed by atoms with Crippen molar-refractivity contribution in [2.45, 2.75) is 80.1 Å². The highest BCUT2D eigenvalue weighted by Gasteiger charge is 2.25. The Morgan fingerprint density at radius 1 is 1.06 bits per heavy atom. The molecule has 0 spiro atoms. The van der Waals surface area contributed by atoms with Crippen molar-refractivity contribution >= 4 is 0 Å². The zero-order chi connectivity index (χ0) is 12.6. The largest absolute Gasteiger partial charge is 0.0654 e. The van der Waals surface area contributed by atoms with E-state index in [0.29, 0.717) is 5.41 Å². The summed E-state index contributed by atoms with van der Waals surface area (Å²) in [7, 11) is 0. The van der Waals surface area contributed by atoms with Crippen LogP contribution < -0.4 is 0 Å². The molecule has 0 N–H and O–H groups in total. The van der Waals surface area contributed by atoms with Crippen molar-refractivity contribution < 1.29 is 0 Å². The number of hydrogen-bond donors (Lipinski definition) is 0. The van der Waals surface area contributed by atoms with Gasteiger partial charge >= 0.3 is 0 Å². The molecule has 0 saturated heterocycles. The summed E-state index contributed by atoms with van der Waals surface area (Å²) in [6.45, 7) is 14.2. The van der Waals surface area contributed by atoms with Crippen molar-refractivity contribution in [3.63, 3.8) is 0 Å². The quantitative estimate of drug-likeness (QED) is 0.460. The molecule has 0 heterocycles. The smallest absolute Gasteiger partial charge is 0.0320 e. The van der Waals surface area contributed by atoms with Crippen LogP contribution in [0.1, 0.15) is 80.1 Å². The SMILES string of the molecule is CCC[CH]C(C)(C)CC(CCC)C(C)CC. The van der Waals surface area contributed by atoms with Gasteiger partial charge in [-0.3, -0.25) is 0 Å². The first kappa shape index (κ1) is 16.0. The van der Waals surface area contributed by atoms with Gasteiger partial charge in [-0.25, -0.2) is 0 Å². The second-order valence-electron chi connectivity index (χ2n) is 6.12. The lowest BCUT2D eigenvalue weighted by molar-refractivity contribution is 0.221. The first-order chi connectivity index (χ1) is 7.46. The van der Waals surface area contributed by atoms with Crippen molar-refractivity contribution in [2.75, 3.05) is 0 Å². The zero-order valence-corrected chi connectivity index (χ0v) is 12.5. The summed E-state index contributed by atoms with van der Waals surface area (Å²) in [5.41, 5.74) is 0.430. The van der Waals surface area contributed by atoms with Crippen LogP contribution in [-0.2, 0) is 0 Å². The van der Waals surface area contributed by atoms with Crippen molar-refractivity contribution in [2.24, 2.45) is 17.3 Å². The third-order valence-corrected chi connectivity index (χ3v) is 3.88. The van der Waals surface area contributed by atoms with Crippen LogP contribution in [0.15, 0.2) is 0 Å². The molecule has 0 saturated carbocycles. The summed E-state index contributed by atoms with van der Waals surface area (Å²) in [6.07, 6.45) is 10.5. The summed E-state index contributed by atoms with van der Waals surface area (Å²) in [6, 6.07) is 0. The molecule has 0 aromatic heterocycles. The molecule has 97 valence electrons. The van der Waals surface area contributed by atoms with Gasteiger partial charge in [-0.15, -0.1) is 0 Å². The summed E-state index contributed by atoms with van der Waals surface area (Å²) in [5.74, 6) is 1.80. The highest BCUT2D eigenvalue weighted by Crippen LogP contribution is 2.36. The minimum absolute atomic E-state index is 0.430. The van der Waals surface area contributed by atoms with E-state index in [0.717, 1.165) is 11.8 Å². The van der Waals surface area contributed by atoms with Crippen LogP contribution in [0.3, 0.4) is 0 Å². The summed E-state index contributed by atoms with van der Waals surface area (Å²) < 4.78 is 0. The molecule has 0 amide bonds. The molecule has 0 fully saturated rings. The molecule has 0 rings (SSSR count). The van der Waals surface area contributed by atoms with Crippen molar-refractivity contribution in [1.29, 1.82) is 0 Å². The maximum Gasteiger partial charge on any atom is -0.0320 e. The van der Waals surface area contributed by atoms with E-state index in [-0.39, 0.29) is 0 Å². The molecule has 0 heteroatoms. The zero-order valence-electron chi connectivity index (χ0n) is 12.5. The van der Waals surface area contributed by atoms with Gasteiger partial charge in [-0.2, -0.15) is 0 Å². The van der Waals surface area contributed by atoms with Crippen molar-refractivity contribution in [3.8, 4) is 0 Å². The monoisotopic (exact) mass is 225 g/mol. The molecule has 16 heavy (non-hydrogen) atoms. The molecule has 2 atom stereocenters. The lowest BCUT2D eigenvalue weighted by atomic mass is 9.73. The van der Waals surface area contributed by atoms with E-state index in [1.807, 2.05) is 0 Å². The normalized spacial score (nSPS) is 16.1. The van der Waals surface area contributed by atoms with Crippen LogP contribution in [0.5, 0.6) is 0 Å². The van der Waals surface area contributed by atoms with E-state index in [2.05, 4.69) is 48.0 Å². The summed E-state index contributed by atoms with van der Waals surface area (Å²) >= 11 is 0. The van der Waals surface area contributed by atoms with Gasteiger partial charge in [0, 0.05) is 0 Å². The lowest BCUT2D eigenvalue weighted by Gasteiger charge is -2.32. The first-order valence-electron chi connectivity index (χ1n) is 7.31. The van der Waals surface area contributed by atoms with E-state index < -0.39 is 0 Å². The Kier molecular flexibility index (Phi) is 8.14. The molecule has 0 nitrogen and oxygen atoms in total. The maximum atomic E-state index is 2.54. The Bertz CT molecular complexity index is 157. The second kappa shape index (κ2) is 8.14. The van der Waals surface area contributed by atoms with Crippen LogP contribution in [0.4, 0.5) is 0 Å². The summed E-state index contributed by atoms with van der Waals surface area (Å²) in [4.78, 5) is 0. The summed E-state index contributed by atoms with van der Waals surface area (Å²) in [5, 5.41) is 0. The van der Waals surface area contributed by atoms with Gasteiger partial charge in [-0.1, -0.05) is 67.2 Å². The second-order valence-corrected chi connectivity index (χ2v) is 6.12. The Morgan fingerprint density at radius 2 is 1.69 bits per heavy atom. The van der Waals surface area contributed by atoms with Gasteiger partial charge in [0.25, 0.3) is 0 Å². The molecule has 1 radical (unpaired) electrons. The van der Waals surface area contributed by atoms with Crippen LogP contribution in [0.25, 0.3) is 0 Å². The fraction of sp³-hybridized carbons (Fsp3) is 0.938. The van der Waals surface area contributed by atoms with Crippen LogP contribution in [0.2, 0.25) is 0 Å². The minimum atomic E-state index is 0.430. The molecule has 2 unspecified atom stereocenters. The molecule has 0 bridgehead atoms. The van der Waals surface area contributed by atoms with Crippen LogP contribution in [-0.4, -0.2) is 0 Å². The predicted molar refractivity (Wildman–Crippen MR) is 75.5 cm³/mol. The minimum Gasteiger partial charge on any atom is -0.0654 e. The molecule has 0 aromatic carbocycles. The van der Waals surface area contributed by atoms with Gasteiger partial charge in [0.05, 0.1) is 0 Å². The highest BCUT2D eigenvalue weighted by atomic mass is 14.3. The Hall–Kier alpha value is 0. The lowest BCUT2D eigenvalue weighted by Crippen LogP contribution is -2.22. The Labute approximate surface area is 104 Å². The maximum absolute atomic E-state index is 2.54. The topological polar surface area (TPSA) is 0 Å². The molecule has 0 aromatic rings. The molecule has 0 aliphatic rings. The third kappa shape index (κ3) is 6.55. The van der Waals surface area contributed by atoms with Crippen molar-refractivity contribution in [1.82, 2.24) is 0 Å². The van der Waals surface area contributed by atoms with Gasteiger partial charge in [0.2, 0.25) is 0 Å². The molecular formula is C16H33. The van der Waals surface area contributed by atoms with E-state index in [1.54, 1.807) is 0 Å². The Balaban J connectivity index is 4.24. The number of hydrogen-bond acceptors (Lipinski definition) is 0. The number of rotatable bonds is 9. The van der Waals surface area contributed by atoms with E-state index in [4.69, 9.17) is 0 Å². The van der Waals surface area contributed by atoms with E-state index >= 15 is 0 Å². The van der Waals surface area contributed by atoms with Gasteiger partial charge < -0.3 is 0 Å². The van der Waals surface area contributed by atoms with E-state index in [1.165, 1.54) is 38.5 Å². The standard InChI is InChI=1S/C16H33/c1-7-10-12-16(5,6)13-15(11-8-2)14(4)9-3/h12,14-15H,7-11,13H2,1-6H3. The van der Waals surface area contributed by atoms with Crippen molar-refractivity contribution in [3.05, 3.63) is 6.42 Å². The van der Waals surface area contributed by atoms with Gasteiger partial charge in [0.1, 0.15) is 0 Å². The fourth-order valence-corrected chi connectivity index (χ4v) is 2.59. The first-order valence-corrected chi connectivity index (χ1v) is 7.31. The average Bonchev–Trinajstić information content (AvgIpc) is 2.24. The number of unbranched alkanes of at least 4 members (excludes halogenated alkanes) is 1. The molecular weight excluding hydrogens is 192 g/mol. The predicted octanol–water partition coefficient (Wildman–Crippen LogP) is 5.87. The molecule has 0 aliphatic heterocycles. The van der Waals surface area contributed by atoms with E-state index in [9.17, 15) is 0 Å². The van der Waals surface area contributed by atoms with Crippen LogP contribution >= 0.6 is 0 Å². The highest BCUT2D eigenvalue weighted by molar-refractivity contribution is 4.87. The fourth-order valence-electron chi connectivity index (χ4n) is 2.59. The average molecular weight is 225 g/mol. The van der Waals surface area contributed by atoms with Gasteiger partial charge in [0.15, 0.2) is 0 Å². The third-order valence-electron chi connectivity index (χ3n) is 3.88. The van der Waals surface area contributed by atoms with Gasteiger partial charge in [-0.05, 0) is 36.5 Å².